The maximum absolute atomic E-state index is 12.6. The predicted molar refractivity (Wildman–Crippen MR) is 112 cm³/mol. The molecule has 1 unspecified atom stereocenters. The van der Waals surface area contributed by atoms with E-state index in [-0.39, 0.29) is 23.1 Å². The van der Waals surface area contributed by atoms with Gasteiger partial charge in [-0.1, -0.05) is 46.3 Å². The zero-order chi connectivity index (χ0) is 19.8. The fourth-order valence-corrected chi connectivity index (χ4v) is 5.16. The van der Waals surface area contributed by atoms with Crippen LogP contribution in [0.1, 0.15) is 32.5 Å². The Bertz CT molecular complexity index is 1080. The van der Waals surface area contributed by atoms with Gasteiger partial charge in [-0.25, -0.2) is 4.79 Å². The smallest absolute Gasteiger partial charge is 0.346 e. The third kappa shape index (κ3) is 3.21. The Morgan fingerprint density at radius 3 is 2.68 bits per heavy atom. The second-order valence-corrected chi connectivity index (χ2v) is 8.38. The minimum atomic E-state index is -1.01. The number of ether oxygens (including phenoxy) is 1. The first-order chi connectivity index (χ1) is 13.5. The van der Waals surface area contributed by atoms with E-state index >= 15 is 0 Å². The standard InChI is InChI=1S/C21H16BrNO4S/c1-27-15-8-7-12(22)9-13(15)14-10-16(24)23-18-17(11-5-3-2-4-6-11)20(21(25)26)28-19(14)18/h2-9,14H,10H2,1H3,(H,23,24)(H,25,26). The molecule has 4 rings (SSSR count). The average molecular weight is 458 g/mol. The van der Waals surface area contributed by atoms with Crippen LogP contribution in [-0.2, 0) is 4.79 Å². The van der Waals surface area contributed by atoms with Crippen LogP contribution in [0.5, 0.6) is 5.75 Å². The molecule has 3 aromatic rings. The van der Waals surface area contributed by atoms with Crippen LogP contribution >= 0.6 is 27.3 Å². The van der Waals surface area contributed by atoms with Gasteiger partial charge < -0.3 is 15.2 Å². The summed E-state index contributed by atoms with van der Waals surface area (Å²) >= 11 is 4.69. The van der Waals surface area contributed by atoms with Crippen molar-refractivity contribution in [1.29, 1.82) is 0 Å². The summed E-state index contributed by atoms with van der Waals surface area (Å²) < 4.78 is 6.38. The molecule has 2 aromatic carbocycles. The number of methoxy groups -OCH3 is 1. The van der Waals surface area contributed by atoms with Crippen LogP contribution in [0.2, 0.25) is 0 Å². The van der Waals surface area contributed by atoms with E-state index < -0.39 is 5.97 Å². The Morgan fingerprint density at radius 2 is 2.00 bits per heavy atom. The molecular weight excluding hydrogens is 442 g/mol. The number of hydrogen-bond donors (Lipinski definition) is 2. The Balaban J connectivity index is 1.97. The largest absolute Gasteiger partial charge is 0.496 e. The lowest BCUT2D eigenvalue weighted by Gasteiger charge is -2.25. The van der Waals surface area contributed by atoms with Crippen molar-refractivity contribution in [2.45, 2.75) is 12.3 Å². The zero-order valence-electron chi connectivity index (χ0n) is 14.9. The van der Waals surface area contributed by atoms with E-state index in [4.69, 9.17) is 4.74 Å². The highest BCUT2D eigenvalue weighted by Crippen LogP contribution is 2.50. The number of aromatic carboxylic acids is 1. The molecule has 5 nitrogen and oxygen atoms in total. The topological polar surface area (TPSA) is 75.6 Å². The molecule has 1 atom stereocenters. The minimum Gasteiger partial charge on any atom is -0.496 e. The maximum Gasteiger partial charge on any atom is 0.346 e. The van der Waals surface area contributed by atoms with Gasteiger partial charge in [0, 0.05) is 32.8 Å². The van der Waals surface area contributed by atoms with Gasteiger partial charge in [-0.2, -0.15) is 0 Å². The fourth-order valence-electron chi connectivity index (χ4n) is 3.55. The molecule has 2 N–H and O–H groups in total. The molecule has 0 saturated carbocycles. The number of hydrogen-bond acceptors (Lipinski definition) is 4. The lowest BCUT2D eigenvalue weighted by Crippen LogP contribution is -2.22. The summed E-state index contributed by atoms with van der Waals surface area (Å²) in [4.78, 5) is 25.6. The van der Waals surface area contributed by atoms with Crippen molar-refractivity contribution in [3.05, 3.63) is 68.3 Å². The number of carboxylic acid groups (broad SMARTS) is 1. The van der Waals surface area contributed by atoms with E-state index in [1.807, 2.05) is 48.5 Å². The summed E-state index contributed by atoms with van der Waals surface area (Å²) in [5, 5.41) is 12.7. The molecule has 28 heavy (non-hydrogen) atoms. The van der Waals surface area contributed by atoms with Gasteiger partial charge in [0.15, 0.2) is 0 Å². The molecule has 7 heteroatoms. The van der Waals surface area contributed by atoms with Crippen molar-refractivity contribution in [1.82, 2.24) is 0 Å². The predicted octanol–water partition coefficient (Wildman–Crippen LogP) is 5.36. The van der Waals surface area contributed by atoms with Gasteiger partial charge >= 0.3 is 5.97 Å². The Labute approximate surface area is 174 Å². The third-order valence-corrected chi connectivity index (χ3v) is 6.51. The highest BCUT2D eigenvalue weighted by atomic mass is 79.9. The van der Waals surface area contributed by atoms with Crippen molar-refractivity contribution < 1.29 is 19.4 Å². The quantitative estimate of drug-likeness (QED) is 0.552. The molecular formula is C21H16BrNO4S. The van der Waals surface area contributed by atoms with E-state index in [1.54, 1.807) is 7.11 Å². The normalized spacial score (nSPS) is 15.6. The highest BCUT2D eigenvalue weighted by Gasteiger charge is 2.35. The third-order valence-electron chi connectivity index (χ3n) is 4.73. The molecule has 0 bridgehead atoms. The number of amides is 1. The van der Waals surface area contributed by atoms with Gasteiger partial charge in [-0.15, -0.1) is 11.3 Å². The van der Waals surface area contributed by atoms with E-state index in [1.165, 1.54) is 11.3 Å². The highest BCUT2D eigenvalue weighted by molar-refractivity contribution is 9.10. The molecule has 142 valence electrons. The maximum atomic E-state index is 12.6. The monoisotopic (exact) mass is 457 g/mol. The van der Waals surface area contributed by atoms with Crippen LogP contribution in [0.4, 0.5) is 5.69 Å². The van der Waals surface area contributed by atoms with Crippen molar-refractivity contribution in [3.63, 3.8) is 0 Å². The van der Waals surface area contributed by atoms with E-state index in [0.717, 1.165) is 20.5 Å². The molecule has 0 aliphatic carbocycles. The molecule has 0 fully saturated rings. The summed E-state index contributed by atoms with van der Waals surface area (Å²) in [7, 11) is 1.59. The van der Waals surface area contributed by atoms with E-state index in [2.05, 4.69) is 21.2 Å². The molecule has 0 radical (unpaired) electrons. The Hall–Kier alpha value is -2.64. The van der Waals surface area contributed by atoms with Crippen LogP contribution in [0.15, 0.2) is 53.0 Å². The van der Waals surface area contributed by atoms with Crippen molar-refractivity contribution >= 4 is 44.8 Å². The number of benzene rings is 2. The number of rotatable bonds is 4. The number of fused-ring (bicyclic) bond motifs is 1. The molecule has 0 saturated heterocycles. The number of thiophene rings is 1. The number of carbonyl (C=O) groups is 2. The second kappa shape index (κ2) is 7.41. The summed E-state index contributed by atoms with van der Waals surface area (Å²) in [6.07, 6.45) is 0.230. The molecule has 1 aliphatic rings. The fraction of sp³-hybridized carbons (Fsp3) is 0.143. The van der Waals surface area contributed by atoms with Gasteiger partial charge in [-0.3, -0.25) is 4.79 Å². The van der Waals surface area contributed by atoms with Gasteiger partial charge in [0.2, 0.25) is 5.91 Å². The lowest BCUT2D eigenvalue weighted by atomic mass is 9.88. The SMILES string of the molecule is COc1ccc(Br)cc1C1CC(=O)Nc2c1sc(C(=O)O)c2-c1ccccc1. The lowest BCUT2D eigenvalue weighted by molar-refractivity contribution is -0.116. The molecule has 2 heterocycles. The van der Waals surface area contributed by atoms with Crippen LogP contribution in [0.3, 0.4) is 0 Å². The summed E-state index contributed by atoms with van der Waals surface area (Å²) in [6.45, 7) is 0. The molecule has 0 spiro atoms. The number of carbonyl (C=O) groups excluding carboxylic acids is 1. The first-order valence-corrected chi connectivity index (χ1v) is 10.2. The van der Waals surface area contributed by atoms with E-state index in [9.17, 15) is 14.7 Å². The van der Waals surface area contributed by atoms with Crippen LogP contribution < -0.4 is 10.1 Å². The van der Waals surface area contributed by atoms with Gasteiger partial charge in [0.05, 0.1) is 12.8 Å². The van der Waals surface area contributed by atoms with Gasteiger partial charge in [-0.05, 0) is 23.8 Å². The Kier molecular flexibility index (Phi) is 4.95. The van der Waals surface area contributed by atoms with Crippen molar-refractivity contribution in [2.24, 2.45) is 0 Å². The molecule has 1 aliphatic heterocycles. The number of carboxylic acids is 1. The summed E-state index contributed by atoms with van der Waals surface area (Å²) in [6, 6.07) is 14.9. The minimum absolute atomic E-state index is 0.147. The number of nitrogens with one attached hydrogen (secondary N) is 1. The van der Waals surface area contributed by atoms with Gasteiger partial charge in [0.25, 0.3) is 0 Å². The van der Waals surface area contributed by atoms with Crippen LogP contribution in [0, 0.1) is 0 Å². The Morgan fingerprint density at radius 1 is 1.25 bits per heavy atom. The summed E-state index contributed by atoms with van der Waals surface area (Å²) in [5.41, 5.74) is 2.75. The molecule has 1 amide bonds. The first kappa shape index (κ1) is 18.7. The molecule has 1 aromatic heterocycles. The number of anilines is 1. The zero-order valence-corrected chi connectivity index (χ0v) is 17.3. The van der Waals surface area contributed by atoms with Crippen molar-refractivity contribution in [2.75, 3.05) is 12.4 Å². The van der Waals surface area contributed by atoms with Crippen LogP contribution in [0.25, 0.3) is 11.1 Å². The van der Waals surface area contributed by atoms with Crippen molar-refractivity contribution in [3.8, 4) is 16.9 Å². The average Bonchev–Trinajstić information content (AvgIpc) is 3.07. The van der Waals surface area contributed by atoms with Gasteiger partial charge in [0.1, 0.15) is 10.6 Å². The number of halogens is 1. The summed E-state index contributed by atoms with van der Waals surface area (Å²) in [5.74, 6) is -0.768. The first-order valence-electron chi connectivity index (χ1n) is 8.58. The second-order valence-electron chi connectivity index (χ2n) is 6.41. The van der Waals surface area contributed by atoms with Crippen LogP contribution in [-0.4, -0.2) is 24.1 Å². The van der Waals surface area contributed by atoms with E-state index in [0.29, 0.717) is 17.0 Å².